The van der Waals surface area contributed by atoms with Gasteiger partial charge in [0.2, 0.25) is 0 Å². The second-order valence-corrected chi connectivity index (χ2v) is 5.44. The van der Waals surface area contributed by atoms with E-state index >= 15 is 0 Å². The second kappa shape index (κ2) is 4.52. The van der Waals surface area contributed by atoms with Gasteiger partial charge >= 0.3 is 0 Å². The summed E-state index contributed by atoms with van der Waals surface area (Å²) in [7, 11) is 0. The van der Waals surface area contributed by atoms with E-state index in [-0.39, 0.29) is 4.93 Å². The highest BCUT2D eigenvalue weighted by Crippen LogP contribution is 2.27. The van der Waals surface area contributed by atoms with Crippen molar-refractivity contribution in [3.8, 4) is 0 Å². The first-order valence-electron chi connectivity index (χ1n) is 3.64. The molecule has 0 bridgehead atoms. The van der Waals surface area contributed by atoms with E-state index in [1.165, 1.54) is 0 Å². The van der Waals surface area contributed by atoms with Crippen molar-refractivity contribution < 1.29 is 4.18 Å². The lowest BCUT2D eigenvalue weighted by atomic mass is 10.3. The van der Waals surface area contributed by atoms with Crippen LogP contribution in [0.5, 0.6) is 0 Å². The van der Waals surface area contributed by atoms with Crippen LogP contribution in [0.1, 0.15) is 34.1 Å². The third-order valence-electron chi connectivity index (χ3n) is 1.17. The van der Waals surface area contributed by atoms with Gasteiger partial charge in [0.1, 0.15) is 4.93 Å². The van der Waals surface area contributed by atoms with Gasteiger partial charge in [0.15, 0.2) is 0 Å². The minimum absolute atomic E-state index is 0.220. The Morgan fingerprint density at radius 2 is 2.10 bits per heavy atom. The zero-order chi connectivity index (χ0) is 8.20. The van der Waals surface area contributed by atoms with Gasteiger partial charge < -0.3 is 4.18 Å². The molecule has 0 saturated carbocycles. The van der Waals surface area contributed by atoms with Crippen molar-refractivity contribution in [3.63, 3.8) is 0 Å². The minimum Gasteiger partial charge on any atom is -0.325 e. The molecule has 0 spiro atoms. The van der Waals surface area contributed by atoms with E-state index in [1.807, 2.05) is 6.92 Å². The summed E-state index contributed by atoms with van der Waals surface area (Å²) in [5.74, 6) is 0. The molecule has 1 atom stereocenters. The lowest BCUT2D eigenvalue weighted by Crippen LogP contribution is -2.16. The van der Waals surface area contributed by atoms with Gasteiger partial charge in [-0.15, -0.1) is 12.6 Å². The van der Waals surface area contributed by atoms with Gasteiger partial charge in [0, 0.05) is 0 Å². The van der Waals surface area contributed by atoms with Crippen LogP contribution < -0.4 is 0 Å². The standard InChI is InChI=1S/C7H18OS2/c1-5-7(4,9)8-10-6(2)3/h6,9H,5,10H2,1-4H3. The first-order chi connectivity index (χ1) is 4.48. The average molecular weight is 182 g/mol. The van der Waals surface area contributed by atoms with Crippen LogP contribution >= 0.6 is 24.7 Å². The summed E-state index contributed by atoms with van der Waals surface area (Å²) in [6.45, 7) is 8.39. The molecule has 0 aromatic carbocycles. The molecule has 0 heterocycles. The molecule has 1 nitrogen and oxygen atoms in total. The zero-order valence-corrected chi connectivity index (χ0v) is 9.03. The highest BCUT2D eigenvalue weighted by molar-refractivity contribution is 7.95. The Labute approximate surface area is 73.5 Å². The Kier molecular flexibility index (Phi) is 4.82. The Hall–Kier alpha value is 0.660. The van der Waals surface area contributed by atoms with Crippen LogP contribution in [0, 0.1) is 0 Å². The Balaban J connectivity index is 3.46. The fourth-order valence-electron chi connectivity index (χ4n) is 0.317. The summed E-state index contributed by atoms with van der Waals surface area (Å²) in [6.07, 6.45) is 0.954. The largest absolute Gasteiger partial charge is 0.325 e. The van der Waals surface area contributed by atoms with Crippen molar-refractivity contribution in [1.82, 2.24) is 0 Å². The molecule has 0 amide bonds. The van der Waals surface area contributed by atoms with Gasteiger partial charge in [0.05, 0.1) is 0 Å². The van der Waals surface area contributed by atoms with Crippen molar-refractivity contribution >= 4 is 24.7 Å². The van der Waals surface area contributed by atoms with Gasteiger partial charge in [-0.1, -0.05) is 20.8 Å². The average Bonchev–Trinajstić information content (AvgIpc) is 1.85. The third kappa shape index (κ3) is 5.45. The fraction of sp³-hybridized carbons (Fsp3) is 1.00. The molecule has 0 aliphatic rings. The molecule has 0 fully saturated rings. The van der Waals surface area contributed by atoms with E-state index in [2.05, 4.69) is 33.4 Å². The Morgan fingerprint density at radius 1 is 1.60 bits per heavy atom. The highest BCUT2D eigenvalue weighted by Gasteiger charge is 2.15. The first-order valence-corrected chi connectivity index (χ1v) is 5.07. The van der Waals surface area contributed by atoms with Crippen LogP contribution in [0.2, 0.25) is 0 Å². The van der Waals surface area contributed by atoms with E-state index in [1.54, 1.807) is 0 Å². The molecule has 0 N–H and O–H groups in total. The number of hydrogen-bond acceptors (Lipinski definition) is 2. The zero-order valence-electron chi connectivity index (χ0n) is 7.14. The van der Waals surface area contributed by atoms with Crippen LogP contribution in [-0.4, -0.2) is 10.2 Å². The predicted octanol–water partition coefficient (Wildman–Crippen LogP) is 2.58. The smallest absolute Gasteiger partial charge is 0.119 e. The first kappa shape index (κ1) is 10.7. The molecule has 0 aromatic rings. The van der Waals surface area contributed by atoms with E-state index in [0.29, 0.717) is 17.3 Å². The van der Waals surface area contributed by atoms with Gasteiger partial charge in [0.25, 0.3) is 0 Å². The van der Waals surface area contributed by atoms with Gasteiger partial charge in [-0.05, 0) is 18.6 Å². The van der Waals surface area contributed by atoms with E-state index in [0.717, 1.165) is 6.42 Å². The van der Waals surface area contributed by atoms with Crippen LogP contribution in [0.15, 0.2) is 0 Å². The van der Waals surface area contributed by atoms with Gasteiger partial charge in [-0.2, -0.15) is 12.0 Å². The van der Waals surface area contributed by atoms with E-state index < -0.39 is 0 Å². The summed E-state index contributed by atoms with van der Waals surface area (Å²) < 4.78 is 5.53. The quantitative estimate of drug-likeness (QED) is 0.519. The predicted molar refractivity (Wildman–Crippen MR) is 54.3 cm³/mol. The monoisotopic (exact) mass is 182 g/mol. The van der Waals surface area contributed by atoms with Crippen molar-refractivity contribution in [2.45, 2.75) is 44.3 Å². The fourth-order valence-corrected chi connectivity index (χ4v) is 1.11. The number of hydrogen-bond donors (Lipinski definition) is 1. The molecule has 0 radical (unpaired) electrons. The van der Waals surface area contributed by atoms with Crippen molar-refractivity contribution in [2.75, 3.05) is 0 Å². The van der Waals surface area contributed by atoms with Crippen molar-refractivity contribution in [3.05, 3.63) is 0 Å². The third-order valence-corrected chi connectivity index (χ3v) is 2.79. The molecule has 1 unspecified atom stereocenters. The van der Waals surface area contributed by atoms with Crippen LogP contribution in [0.25, 0.3) is 0 Å². The van der Waals surface area contributed by atoms with Gasteiger partial charge in [-0.3, -0.25) is 0 Å². The van der Waals surface area contributed by atoms with Crippen LogP contribution in [0.4, 0.5) is 0 Å². The molecule has 0 aliphatic heterocycles. The number of rotatable bonds is 4. The molecule has 0 aromatic heterocycles. The van der Waals surface area contributed by atoms with Crippen molar-refractivity contribution in [2.24, 2.45) is 0 Å². The summed E-state index contributed by atoms with van der Waals surface area (Å²) >= 11 is 4.92. The molecule has 0 rings (SSSR count). The maximum absolute atomic E-state index is 5.53. The molecule has 10 heavy (non-hydrogen) atoms. The summed E-state index contributed by atoms with van der Waals surface area (Å²) in [5, 5.41) is 0.623. The Morgan fingerprint density at radius 3 is 2.40 bits per heavy atom. The summed E-state index contributed by atoms with van der Waals surface area (Å²) in [5.41, 5.74) is 0. The second-order valence-electron chi connectivity index (χ2n) is 2.90. The van der Waals surface area contributed by atoms with Gasteiger partial charge in [-0.25, -0.2) is 0 Å². The topological polar surface area (TPSA) is 9.23 Å². The van der Waals surface area contributed by atoms with Crippen LogP contribution in [0.3, 0.4) is 0 Å². The maximum atomic E-state index is 5.53. The normalized spacial score (nSPS) is 19.4. The highest BCUT2D eigenvalue weighted by atomic mass is 32.2. The molecule has 64 valence electrons. The summed E-state index contributed by atoms with van der Waals surface area (Å²) in [6, 6.07) is 0. The van der Waals surface area contributed by atoms with E-state index in [4.69, 9.17) is 4.18 Å². The minimum atomic E-state index is -0.220. The maximum Gasteiger partial charge on any atom is 0.119 e. The molecule has 0 saturated heterocycles. The van der Waals surface area contributed by atoms with Crippen molar-refractivity contribution in [1.29, 1.82) is 0 Å². The SMILES string of the molecule is CCC(C)(S)O[SH2]C(C)C. The number of thiol groups is 1. The Bertz CT molecular complexity index is 91.6. The van der Waals surface area contributed by atoms with E-state index in [9.17, 15) is 0 Å². The molecular formula is C7H18OS2. The molecule has 0 aliphatic carbocycles. The van der Waals surface area contributed by atoms with Crippen LogP contribution in [-0.2, 0) is 4.18 Å². The lowest BCUT2D eigenvalue weighted by molar-refractivity contribution is 0.221. The molecular weight excluding hydrogens is 164 g/mol. The molecule has 3 heteroatoms. The lowest BCUT2D eigenvalue weighted by Gasteiger charge is -2.24. The summed E-state index contributed by atoms with van der Waals surface area (Å²) in [4.78, 5) is -0.220.